The van der Waals surface area contributed by atoms with Gasteiger partial charge in [0.25, 0.3) is 0 Å². The van der Waals surface area contributed by atoms with Crippen LogP contribution in [0, 0.1) is 0 Å². The molecule has 0 spiro atoms. The molecule has 4 rings (SSSR count). The van der Waals surface area contributed by atoms with Crippen LogP contribution in [0.4, 0.5) is 0 Å². The molecule has 1 N–H and O–H groups in total. The molecule has 6 nitrogen and oxygen atoms in total. The van der Waals surface area contributed by atoms with Gasteiger partial charge in [0.2, 0.25) is 0 Å². The molecule has 140 valence electrons. The molecule has 1 heterocycles. The minimum atomic E-state index is -0.815. The Kier molecular flexibility index (Phi) is 4.68. The molecule has 2 aromatic rings. The zero-order chi connectivity index (χ0) is 18.9. The van der Waals surface area contributed by atoms with Gasteiger partial charge in [-0.25, -0.2) is 9.59 Å². The molecule has 2 aliphatic rings. The number of rotatable bonds is 7. The van der Waals surface area contributed by atoms with Gasteiger partial charge in [0.15, 0.2) is 0 Å². The second-order valence-electron chi connectivity index (χ2n) is 7.01. The van der Waals surface area contributed by atoms with Crippen LogP contribution in [0.15, 0.2) is 48.5 Å². The van der Waals surface area contributed by atoms with Crippen LogP contribution >= 0.6 is 0 Å². The first kappa shape index (κ1) is 17.7. The van der Waals surface area contributed by atoms with Crippen molar-refractivity contribution in [2.24, 2.45) is 0 Å². The Hall–Kier alpha value is -2.70. The Bertz CT molecular complexity index is 832. The van der Waals surface area contributed by atoms with E-state index in [0.29, 0.717) is 30.6 Å². The van der Waals surface area contributed by atoms with Crippen molar-refractivity contribution in [2.75, 3.05) is 19.8 Å². The highest BCUT2D eigenvalue weighted by atomic mass is 16.6. The second kappa shape index (κ2) is 7.13. The average molecular weight is 368 g/mol. The van der Waals surface area contributed by atoms with E-state index in [2.05, 4.69) is 0 Å². The predicted octanol–water partition coefficient (Wildman–Crippen LogP) is 2.59. The summed E-state index contributed by atoms with van der Waals surface area (Å²) in [6, 6.07) is 14.1. The molecule has 2 aromatic carbocycles. The van der Waals surface area contributed by atoms with Crippen molar-refractivity contribution in [1.29, 1.82) is 0 Å². The molecule has 0 aromatic heterocycles. The zero-order valence-electron chi connectivity index (χ0n) is 14.7. The van der Waals surface area contributed by atoms with Crippen molar-refractivity contribution in [2.45, 2.75) is 24.5 Å². The molecule has 1 aliphatic heterocycles. The van der Waals surface area contributed by atoms with E-state index in [9.17, 15) is 14.7 Å². The van der Waals surface area contributed by atoms with Gasteiger partial charge in [0, 0.05) is 0 Å². The maximum absolute atomic E-state index is 12.0. The van der Waals surface area contributed by atoms with E-state index >= 15 is 0 Å². The molecule has 1 unspecified atom stereocenters. The highest BCUT2D eigenvalue weighted by Crippen LogP contribution is 2.35. The first-order valence-corrected chi connectivity index (χ1v) is 8.91. The fraction of sp³-hybridized carbons (Fsp3) is 0.333. The summed E-state index contributed by atoms with van der Waals surface area (Å²) in [7, 11) is 0. The highest BCUT2D eigenvalue weighted by Gasteiger charge is 2.41. The molecule has 27 heavy (non-hydrogen) atoms. The number of carbonyl (C=O) groups excluding carboxylic acids is 2. The first-order chi connectivity index (χ1) is 13.0. The summed E-state index contributed by atoms with van der Waals surface area (Å²) in [6.45, 7) is 0.976. The van der Waals surface area contributed by atoms with Gasteiger partial charge >= 0.3 is 11.9 Å². The standard InChI is InChI=1S/C21H20O6/c22-19(26-12-18-11-25-18)16-5-1-14(2-6-16)15-3-7-17(8-4-15)20(23)27-13-21(24)9-10-21/h1-8,18,24H,9-13H2. The number of epoxide rings is 1. The zero-order valence-corrected chi connectivity index (χ0v) is 14.7. The number of benzene rings is 2. The Labute approximate surface area is 156 Å². The van der Waals surface area contributed by atoms with Gasteiger partial charge < -0.3 is 19.3 Å². The number of hydrogen-bond donors (Lipinski definition) is 1. The molecule has 1 aliphatic carbocycles. The summed E-state index contributed by atoms with van der Waals surface area (Å²) in [5, 5.41) is 9.73. The Balaban J connectivity index is 1.36. The largest absolute Gasteiger partial charge is 0.459 e. The van der Waals surface area contributed by atoms with Crippen molar-refractivity contribution < 1.29 is 28.9 Å². The van der Waals surface area contributed by atoms with E-state index in [0.717, 1.165) is 11.1 Å². The van der Waals surface area contributed by atoms with E-state index in [1.807, 2.05) is 24.3 Å². The quantitative estimate of drug-likeness (QED) is 0.597. The maximum atomic E-state index is 12.0. The summed E-state index contributed by atoms with van der Waals surface area (Å²) in [6.07, 6.45) is 1.40. The number of hydrogen-bond acceptors (Lipinski definition) is 6. The third-order valence-corrected chi connectivity index (χ3v) is 4.68. The van der Waals surface area contributed by atoms with Crippen LogP contribution in [0.5, 0.6) is 0 Å². The monoisotopic (exact) mass is 368 g/mol. The highest BCUT2D eigenvalue weighted by molar-refractivity contribution is 5.91. The fourth-order valence-electron chi connectivity index (χ4n) is 2.59. The molecule has 0 radical (unpaired) electrons. The number of esters is 2. The van der Waals surface area contributed by atoms with Crippen molar-refractivity contribution in [1.82, 2.24) is 0 Å². The Morgan fingerprint density at radius 2 is 1.41 bits per heavy atom. The van der Waals surface area contributed by atoms with Crippen LogP contribution in [0.3, 0.4) is 0 Å². The topological polar surface area (TPSA) is 85.4 Å². The first-order valence-electron chi connectivity index (χ1n) is 8.91. The van der Waals surface area contributed by atoms with Gasteiger partial charge in [0.1, 0.15) is 19.3 Å². The summed E-state index contributed by atoms with van der Waals surface area (Å²) in [5.41, 5.74) is 1.94. The van der Waals surface area contributed by atoms with Crippen LogP contribution in [0.1, 0.15) is 33.6 Å². The van der Waals surface area contributed by atoms with Crippen molar-refractivity contribution in [3.63, 3.8) is 0 Å². The minimum absolute atomic E-state index is 0.0397. The number of carbonyl (C=O) groups is 2. The van der Waals surface area contributed by atoms with Crippen LogP contribution in [0.25, 0.3) is 11.1 Å². The number of ether oxygens (including phenoxy) is 3. The van der Waals surface area contributed by atoms with Crippen LogP contribution < -0.4 is 0 Å². The van der Waals surface area contributed by atoms with E-state index in [1.54, 1.807) is 24.3 Å². The van der Waals surface area contributed by atoms with Gasteiger partial charge in [-0.15, -0.1) is 0 Å². The third kappa shape index (κ3) is 4.53. The maximum Gasteiger partial charge on any atom is 0.338 e. The molecular weight excluding hydrogens is 348 g/mol. The van der Waals surface area contributed by atoms with E-state index < -0.39 is 11.6 Å². The lowest BCUT2D eigenvalue weighted by atomic mass is 10.0. The Morgan fingerprint density at radius 3 is 1.85 bits per heavy atom. The molecule has 0 bridgehead atoms. The van der Waals surface area contributed by atoms with Gasteiger partial charge in [-0.05, 0) is 48.2 Å². The molecule has 6 heteroatoms. The smallest absolute Gasteiger partial charge is 0.338 e. The molecular formula is C21H20O6. The minimum Gasteiger partial charge on any atom is -0.459 e. The summed E-state index contributed by atoms with van der Waals surface area (Å²) in [4.78, 5) is 23.9. The van der Waals surface area contributed by atoms with Crippen LogP contribution in [-0.4, -0.2) is 48.6 Å². The lowest BCUT2D eigenvalue weighted by molar-refractivity contribution is 0.0178. The van der Waals surface area contributed by atoms with Crippen LogP contribution in [-0.2, 0) is 14.2 Å². The van der Waals surface area contributed by atoms with Gasteiger partial charge in [0.05, 0.1) is 23.3 Å². The molecule has 1 atom stereocenters. The van der Waals surface area contributed by atoms with Gasteiger partial charge in [-0.1, -0.05) is 24.3 Å². The average Bonchev–Trinajstić information content (AvgIpc) is 3.63. The summed E-state index contributed by atoms with van der Waals surface area (Å²) < 4.78 is 15.3. The third-order valence-electron chi connectivity index (χ3n) is 4.68. The van der Waals surface area contributed by atoms with Crippen molar-refractivity contribution in [3.8, 4) is 11.1 Å². The van der Waals surface area contributed by atoms with Crippen molar-refractivity contribution in [3.05, 3.63) is 59.7 Å². The molecule has 0 amide bonds. The Morgan fingerprint density at radius 1 is 0.926 bits per heavy atom. The lowest BCUT2D eigenvalue weighted by Crippen LogP contribution is -2.19. The second-order valence-corrected chi connectivity index (χ2v) is 7.01. The van der Waals surface area contributed by atoms with Gasteiger partial charge in [-0.3, -0.25) is 0 Å². The molecule has 1 saturated carbocycles. The van der Waals surface area contributed by atoms with Crippen LogP contribution in [0.2, 0.25) is 0 Å². The van der Waals surface area contributed by atoms with Crippen molar-refractivity contribution >= 4 is 11.9 Å². The van der Waals surface area contributed by atoms with E-state index in [4.69, 9.17) is 14.2 Å². The number of aliphatic hydroxyl groups is 1. The SMILES string of the molecule is O=C(OCC1CO1)c1ccc(-c2ccc(C(=O)OCC3(O)CC3)cc2)cc1. The van der Waals surface area contributed by atoms with E-state index in [1.165, 1.54) is 0 Å². The fourth-order valence-corrected chi connectivity index (χ4v) is 2.59. The predicted molar refractivity (Wildman–Crippen MR) is 96.4 cm³/mol. The van der Waals surface area contributed by atoms with E-state index in [-0.39, 0.29) is 25.3 Å². The summed E-state index contributed by atoms with van der Waals surface area (Å²) >= 11 is 0. The lowest BCUT2D eigenvalue weighted by Gasteiger charge is -2.09. The molecule has 1 saturated heterocycles. The van der Waals surface area contributed by atoms with Gasteiger partial charge in [-0.2, -0.15) is 0 Å². The normalized spacial score (nSPS) is 19.2. The summed E-state index contributed by atoms with van der Waals surface area (Å²) in [5.74, 6) is -0.813. The molecule has 2 fully saturated rings.